The first-order chi connectivity index (χ1) is 14.1. The van der Waals surface area contributed by atoms with Crippen LogP contribution in [0.1, 0.15) is 5.56 Å². The fourth-order valence-electron chi connectivity index (χ4n) is 3.37. The third-order valence-corrected chi connectivity index (χ3v) is 6.85. The van der Waals surface area contributed by atoms with Crippen molar-refractivity contribution in [3.05, 3.63) is 66.2 Å². The van der Waals surface area contributed by atoms with Crippen molar-refractivity contribution in [2.45, 2.75) is 4.90 Å². The first-order valence-corrected chi connectivity index (χ1v) is 10.8. The van der Waals surface area contributed by atoms with Crippen LogP contribution in [0.4, 0.5) is 5.69 Å². The van der Waals surface area contributed by atoms with Gasteiger partial charge in [0.25, 0.3) is 0 Å². The van der Waals surface area contributed by atoms with Gasteiger partial charge in [-0.15, -0.1) is 0 Å². The van der Waals surface area contributed by atoms with E-state index in [4.69, 9.17) is 9.47 Å². The maximum absolute atomic E-state index is 12.7. The van der Waals surface area contributed by atoms with Crippen molar-refractivity contribution in [3.8, 4) is 5.75 Å². The van der Waals surface area contributed by atoms with Gasteiger partial charge in [-0.1, -0.05) is 30.3 Å². The molecule has 4 rings (SSSR count). The average molecular weight is 410 g/mol. The number of rotatable bonds is 5. The van der Waals surface area contributed by atoms with Crippen molar-refractivity contribution in [3.63, 3.8) is 0 Å². The van der Waals surface area contributed by atoms with Gasteiger partial charge in [0, 0.05) is 24.9 Å². The Balaban J connectivity index is 1.61. The summed E-state index contributed by atoms with van der Waals surface area (Å²) in [6, 6.07) is 18.6. The third-order valence-electron chi connectivity index (χ3n) is 4.94. The first-order valence-electron chi connectivity index (χ1n) is 9.37. The Morgan fingerprint density at radius 1 is 1.00 bits per heavy atom. The van der Waals surface area contributed by atoms with Gasteiger partial charge in [-0.2, -0.15) is 4.31 Å². The van der Waals surface area contributed by atoms with Gasteiger partial charge in [0.1, 0.15) is 5.75 Å². The SMILES string of the molecule is COc1ccc2ccccc2c1C=Nc1ccc(S(=O)(=O)N2CCOCC2)cc1. The summed E-state index contributed by atoms with van der Waals surface area (Å²) in [6.07, 6.45) is 1.76. The Kier molecular flexibility index (Phi) is 5.62. The van der Waals surface area contributed by atoms with E-state index in [2.05, 4.69) is 4.99 Å². The van der Waals surface area contributed by atoms with Crippen LogP contribution in [0.2, 0.25) is 0 Å². The average Bonchev–Trinajstić information content (AvgIpc) is 2.78. The maximum atomic E-state index is 12.7. The summed E-state index contributed by atoms with van der Waals surface area (Å²) in [5.41, 5.74) is 1.55. The molecule has 150 valence electrons. The molecule has 0 spiro atoms. The van der Waals surface area contributed by atoms with E-state index >= 15 is 0 Å². The van der Waals surface area contributed by atoms with Crippen LogP contribution in [-0.4, -0.2) is 52.4 Å². The second-order valence-corrected chi connectivity index (χ2v) is 8.61. The van der Waals surface area contributed by atoms with Gasteiger partial charge >= 0.3 is 0 Å². The van der Waals surface area contributed by atoms with E-state index in [1.807, 2.05) is 36.4 Å². The van der Waals surface area contributed by atoms with Gasteiger partial charge in [-0.05, 0) is 41.1 Å². The van der Waals surface area contributed by atoms with Crippen molar-refractivity contribution in [2.75, 3.05) is 33.4 Å². The number of methoxy groups -OCH3 is 1. The zero-order chi connectivity index (χ0) is 20.3. The summed E-state index contributed by atoms with van der Waals surface area (Å²) in [4.78, 5) is 4.80. The summed E-state index contributed by atoms with van der Waals surface area (Å²) >= 11 is 0. The monoisotopic (exact) mass is 410 g/mol. The molecule has 1 aliphatic heterocycles. The normalized spacial score (nSPS) is 15.8. The number of ether oxygens (including phenoxy) is 2. The van der Waals surface area contributed by atoms with Crippen LogP contribution in [0.15, 0.2) is 70.6 Å². The highest BCUT2D eigenvalue weighted by atomic mass is 32.2. The van der Waals surface area contributed by atoms with Crippen LogP contribution in [0.25, 0.3) is 10.8 Å². The molecule has 0 aliphatic carbocycles. The molecular formula is C22H22N2O4S. The number of hydrogen-bond acceptors (Lipinski definition) is 5. The smallest absolute Gasteiger partial charge is 0.243 e. The highest BCUT2D eigenvalue weighted by Gasteiger charge is 2.26. The molecule has 1 fully saturated rings. The van der Waals surface area contributed by atoms with Crippen LogP contribution in [-0.2, 0) is 14.8 Å². The van der Waals surface area contributed by atoms with E-state index < -0.39 is 10.0 Å². The Bertz CT molecular complexity index is 1140. The van der Waals surface area contributed by atoms with Gasteiger partial charge in [0.15, 0.2) is 0 Å². The largest absolute Gasteiger partial charge is 0.496 e. The number of benzene rings is 3. The molecule has 3 aromatic carbocycles. The van der Waals surface area contributed by atoms with Crippen molar-refractivity contribution >= 4 is 32.7 Å². The summed E-state index contributed by atoms with van der Waals surface area (Å²) in [5, 5.41) is 2.14. The van der Waals surface area contributed by atoms with E-state index in [1.54, 1.807) is 37.6 Å². The molecule has 0 unspecified atom stereocenters. The van der Waals surface area contributed by atoms with Crippen molar-refractivity contribution in [1.82, 2.24) is 4.31 Å². The minimum absolute atomic E-state index is 0.265. The van der Waals surface area contributed by atoms with Gasteiger partial charge in [0.05, 0.1) is 30.9 Å². The Morgan fingerprint density at radius 2 is 1.72 bits per heavy atom. The van der Waals surface area contributed by atoms with Crippen LogP contribution in [0, 0.1) is 0 Å². The molecule has 7 heteroatoms. The Labute approximate surface area is 170 Å². The molecule has 0 N–H and O–H groups in total. The molecule has 1 aliphatic rings. The summed E-state index contributed by atoms with van der Waals surface area (Å²) in [6.45, 7) is 1.61. The molecular weight excluding hydrogens is 388 g/mol. The van der Waals surface area contributed by atoms with Crippen LogP contribution in [0.3, 0.4) is 0 Å². The van der Waals surface area contributed by atoms with Crippen LogP contribution in [0.5, 0.6) is 5.75 Å². The molecule has 0 saturated carbocycles. The van der Waals surface area contributed by atoms with E-state index in [9.17, 15) is 8.42 Å². The molecule has 0 amide bonds. The summed E-state index contributed by atoms with van der Waals surface area (Å²) in [7, 11) is -1.87. The summed E-state index contributed by atoms with van der Waals surface area (Å²) in [5.74, 6) is 0.735. The number of morpholine rings is 1. The van der Waals surface area contributed by atoms with Crippen LogP contribution < -0.4 is 4.74 Å². The maximum Gasteiger partial charge on any atom is 0.243 e. The number of hydrogen-bond donors (Lipinski definition) is 0. The van der Waals surface area contributed by atoms with Crippen LogP contribution >= 0.6 is 0 Å². The number of aliphatic imine (C=N–C) groups is 1. The second kappa shape index (κ2) is 8.32. The molecule has 6 nitrogen and oxygen atoms in total. The predicted molar refractivity (Wildman–Crippen MR) is 114 cm³/mol. The zero-order valence-corrected chi connectivity index (χ0v) is 16.9. The topological polar surface area (TPSA) is 68.2 Å². The molecule has 1 heterocycles. The second-order valence-electron chi connectivity index (χ2n) is 6.67. The Morgan fingerprint density at radius 3 is 2.45 bits per heavy atom. The predicted octanol–water partition coefficient (Wildman–Crippen LogP) is 3.62. The minimum Gasteiger partial charge on any atom is -0.496 e. The molecule has 1 saturated heterocycles. The Hall–Kier alpha value is -2.74. The van der Waals surface area contributed by atoms with Gasteiger partial charge < -0.3 is 9.47 Å². The van der Waals surface area contributed by atoms with E-state index in [-0.39, 0.29) is 4.90 Å². The summed E-state index contributed by atoms with van der Waals surface area (Å²) < 4.78 is 37.6. The van der Waals surface area contributed by atoms with E-state index in [0.717, 1.165) is 22.1 Å². The van der Waals surface area contributed by atoms with E-state index in [0.29, 0.717) is 32.0 Å². The number of sulfonamides is 1. The zero-order valence-electron chi connectivity index (χ0n) is 16.1. The highest BCUT2D eigenvalue weighted by Crippen LogP contribution is 2.27. The van der Waals surface area contributed by atoms with Crippen molar-refractivity contribution < 1.29 is 17.9 Å². The fourth-order valence-corrected chi connectivity index (χ4v) is 4.77. The standard InChI is InChI=1S/C22H22N2O4S/c1-27-22-11-6-17-4-2-3-5-20(17)21(22)16-23-18-7-9-19(10-8-18)29(25,26)24-12-14-28-15-13-24/h2-11,16H,12-15H2,1H3. The lowest BCUT2D eigenvalue weighted by Crippen LogP contribution is -2.40. The molecule has 0 aromatic heterocycles. The quantitative estimate of drug-likeness (QED) is 0.603. The van der Waals surface area contributed by atoms with Gasteiger partial charge in [-0.25, -0.2) is 8.42 Å². The lowest BCUT2D eigenvalue weighted by molar-refractivity contribution is 0.0730. The lowest BCUT2D eigenvalue weighted by atomic mass is 10.0. The van der Waals surface area contributed by atoms with Gasteiger partial charge in [-0.3, -0.25) is 4.99 Å². The van der Waals surface area contributed by atoms with Crippen molar-refractivity contribution in [2.24, 2.45) is 4.99 Å². The van der Waals surface area contributed by atoms with E-state index in [1.165, 1.54) is 4.31 Å². The minimum atomic E-state index is -3.50. The molecule has 0 radical (unpaired) electrons. The molecule has 0 bridgehead atoms. The lowest BCUT2D eigenvalue weighted by Gasteiger charge is -2.26. The van der Waals surface area contributed by atoms with Gasteiger partial charge in [0.2, 0.25) is 10.0 Å². The molecule has 3 aromatic rings. The number of fused-ring (bicyclic) bond motifs is 1. The van der Waals surface area contributed by atoms with Crippen molar-refractivity contribution in [1.29, 1.82) is 0 Å². The molecule has 29 heavy (non-hydrogen) atoms. The first kappa shape index (κ1) is 19.6. The third kappa shape index (κ3) is 4.03. The molecule has 0 atom stereocenters. The fraction of sp³-hybridized carbons (Fsp3) is 0.227. The highest BCUT2D eigenvalue weighted by molar-refractivity contribution is 7.89. The number of nitrogens with zero attached hydrogens (tertiary/aromatic N) is 2.